The lowest BCUT2D eigenvalue weighted by Crippen LogP contribution is -2.35. The van der Waals surface area contributed by atoms with E-state index in [1.54, 1.807) is 6.07 Å². The molecule has 0 atom stereocenters. The third-order valence-electron chi connectivity index (χ3n) is 4.90. The minimum Gasteiger partial charge on any atom is -0.360 e. The summed E-state index contributed by atoms with van der Waals surface area (Å²) in [5.41, 5.74) is 1.73. The first-order chi connectivity index (χ1) is 11.2. The molecular formula is C18H19FN2O2. The number of hydrogen-bond donors (Lipinski definition) is 1. The summed E-state index contributed by atoms with van der Waals surface area (Å²) >= 11 is 0. The van der Waals surface area contributed by atoms with Gasteiger partial charge in [0, 0.05) is 12.0 Å². The summed E-state index contributed by atoms with van der Waals surface area (Å²) in [5.74, 6) is 0.361. The molecule has 120 valence electrons. The van der Waals surface area contributed by atoms with Crippen LogP contribution in [0, 0.1) is 5.82 Å². The summed E-state index contributed by atoms with van der Waals surface area (Å²) in [4.78, 5) is 12.7. The molecule has 0 saturated heterocycles. The lowest BCUT2D eigenvalue weighted by Gasteiger charge is -2.17. The number of carbonyl (C=O) groups is 1. The summed E-state index contributed by atoms with van der Waals surface area (Å²) < 4.78 is 18.8. The Hall–Kier alpha value is -2.17. The maximum atomic E-state index is 13.5. The first-order valence-corrected chi connectivity index (χ1v) is 8.24. The number of amides is 1. The highest BCUT2D eigenvalue weighted by Gasteiger charge is 2.46. The van der Waals surface area contributed by atoms with Crippen molar-refractivity contribution in [1.29, 1.82) is 0 Å². The number of hydrogen-bond acceptors (Lipinski definition) is 3. The smallest absolute Gasteiger partial charge is 0.274 e. The van der Waals surface area contributed by atoms with Crippen LogP contribution in [0.25, 0.3) is 0 Å². The average Bonchev–Trinajstić information content (AvgIpc) is 3.27. The fourth-order valence-electron chi connectivity index (χ4n) is 3.41. The van der Waals surface area contributed by atoms with Crippen LogP contribution in [0.4, 0.5) is 4.39 Å². The van der Waals surface area contributed by atoms with Crippen LogP contribution in [0.5, 0.6) is 0 Å². The maximum absolute atomic E-state index is 13.5. The Bertz CT molecular complexity index is 749. The van der Waals surface area contributed by atoms with Crippen LogP contribution in [0.15, 0.2) is 28.8 Å². The number of benzene rings is 1. The minimum absolute atomic E-state index is 0.210. The summed E-state index contributed by atoms with van der Waals surface area (Å²) in [7, 11) is 0. The fraction of sp³-hybridized carbons (Fsp3) is 0.444. The van der Waals surface area contributed by atoms with Crippen molar-refractivity contribution in [3.63, 3.8) is 0 Å². The Morgan fingerprint density at radius 1 is 1.22 bits per heavy atom. The van der Waals surface area contributed by atoms with Crippen LogP contribution >= 0.6 is 0 Å². The molecule has 4 rings (SSSR count). The van der Waals surface area contributed by atoms with Crippen molar-refractivity contribution in [2.45, 2.75) is 50.5 Å². The molecule has 2 aliphatic carbocycles. The number of carbonyl (C=O) groups excluding carboxylic acids is 1. The van der Waals surface area contributed by atoms with Crippen LogP contribution in [0.2, 0.25) is 0 Å². The number of halogens is 1. The zero-order valence-corrected chi connectivity index (χ0v) is 12.9. The molecule has 1 aromatic heterocycles. The standard InChI is InChI=1S/C18H19FN2O2/c19-13-6-4-5-12(11-13)18(9-10-18)20-17(22)16-14-7-2-1-3-8-15(14)23-21-16/h4-6,11H,1-3,7-10H2,(H,20,22). The molecule has 5 heteroatoms. The molecule has 23 heavy (non-hydrogen) atoms. The van der Waals surface area contributed by atoms with E-state index in [9.17, 15) is 9.18 Å². The summed E-state index contributed by atoms with van der Waals surface area (Å²) in [6, 6.07) is 6.45. The van der Waals surface area contributed by atoms with Crippen molar-refractivity contribution in [3.8, 4) is 0 Å². The predicted octanol–water partition coefficient (Wildman–Crippen LogP) is 3.50. The summed E-state index contributed by atoms with van der Waals surface area (Å²) in [5, 5.41) is 7.06. The van der Waals surface area contributed by atoms with Crippen LogP contribution in [0.3, 0.4) is 0 Å². The molecule has 0 radical (unpaired) electrons. The average molecular weight is 314 g/mol. The van der Waals surface area contributed by atoms with Gasteiger partial charge in [-0.2, -0.15) is 0 Å². The largest absolute Gasteiger partial charge is 0.360 e. The number of rotatable bonds is 3. The molecular weight excluding hydrogens is 295 g/mol. The molecule has 1 heterocycles. The lowest BCUT2D eigenvalue weighted by molar-refractivity contribution is 0.0920. The molecule has 1 amide bonds. The van der Waals surface area contributed by atoms with Gasteiger partial charge in [-0.05, 0) is 49.8 Å². The summed E-state index contributed by atoms with van der Waals surface area (Å²) in [6.07, 6.45) is 6.63. The van der Waals surface area contributed by atoms with E-state index in [1.807, 2.05) is 6.07 Å². The van der Waals surface area contributed by atoms with Gasteiger partial charge in [0.05, 0.1) is 5.54 Å². The highest BCUT2D eigenvalue weighted by Crippen LogP contribution is 2.45. The zero-order chi connectivity index (χ0) is 15.9. The Balaban J connectivity index is 1.58. The Kier molecular flexibility index (Phi) is 3.43. The Labute approximate surface area is 134 Å². The van der Waals surface area contributed by atoms with Gasteiger partial charge < -0.3 is 9.84 Å². The van der Waals surface area contributed by atoms with Crippen molar-refractivity contribution in [2.24, 2.45) is 0 Å². The molecule has 1 N–H and O–H groups in total. The fourth-order valence-corrected chi connectivity index (χ4v) is 3.41. The van der Waals surface area contributed by atoms with E-state index >= 15 is 0 Å². The second-order valence-corrected chi connectivity index (χ2v) is 6.54. The quantitative estimate of drug-likeness (QED) is 0.882. The van der Waals surface area contributed by atoms with Crippen molar-refractivity contribution in [3.05, 3.63) is 52.7 Å². The maximum Gasteiger partial charge on any atom is 0.274 e. The zero-order valence-electron chi connectivity index (χ0n) is 12.9. The van der Waals surface area contributed by atoms with Crippen molar-refractivity contribution in [1.82, 2.24) is 10.5 Å². The van der Waals surface area contributed by atoms with Gasteiger partial charge in [-0.3, -0.25) is 4.79 Å². The molecule has 2 aromatic rings. The lowest BCUT2D eigenvalue weighted by atomic mass is 10.0. The molecule has 1 saturated carbocycles. The first kappa shape index (κ1) is 14.4. The van der Waals surface area contributed by atoms with Gasteiger partial charge >= 0.3 is 0 Å². The van der Waals surface area contributed by atoms with Crippen molar-refractivity contribution >= 4 is 5.91 Å². The van der Waals surface area contributed by atoms with E-state index < -0.39 is 5.54 Å². The number of fused-ring (bicyclic) bond motifs is 1. The Morgan fingerprint density at radius 3 is 2.83 bits per heavy atom. The molecule has 0 spiro atoms. The van der Waals surface area contributed by atoms with Crippen LogP contribution in [-0.2, 0) is 18.4 Å². The van der Waals surface area contributed by atoms with Crippen LogP contribution < -0.4 is 5.32 Å². The van der Waals surface area contributed by atoms with Gasteiger partial charge in [0.15, 0.2) is 5.69 Å². The van der Waals surface area contributed by atoms with E-state index in [0.717, 1.165) is 61.8 Å². The second-order valence-electron chi connectivity index (χ2n) is 6.54. The third-order valence-corrected chi connectivity index (χ3v) is 4.90. The van der Waals surface area contributed by atoms with Crippen molar-refractivity contribution in [2.75, 3.05) is 0 Å². The van der Waals surface area contributed by atoms with E-state index in [2.05, 4.69) is 10.5 Å². The predicted molar refractivity (Wildman–Crippen MR) is 82.5 cm³/mol. The van der Waals surface area contributed by atoms with Gasteiger partial charge in [-0.1, -0.05) is 23.7 Å². The number of aromatic nitrogens is 1. The van der Waals surface area contributed by atoms with Gasteiger partial charge in [0.25, 0.3) is 5.91 Å². The molecule has 1 aromatic carbocycles. The Morgan fingerprint density at radius 2 is 2.04 bits per heavy atom. The molecule has 0 bridgehead atoms. The van der Waals surface area contributed by atoms with Gasteiger partial charge in [-0.25, -0.2) is 4.39 Å². The molecule has 2 aliphatic rings. The number of aryl methyl sites for hydroxylation is 1. The van der Waals surface area contributed by atoms with E-state index in [0.29, 0.717) is 5.69 Å². The van der Waals surface area contributed by atoms with E-state index in [1.165, 1.54) is 12.1 Å². The monoisotopic (exact) mass is 314 g/mol. The van der Waals surface area contributed by atoms with Gasteiger partial charge in [0.1, 0.15) is 11.6 Å². The number of nitrogens with zero attached hydrogens (tertiary/aromatic N) is 1. The van der Waals surface area contributed by atoms with Crippen LogP contribution in [0.1, 0.15) is 59.5 Å². The van der Waals surface area contributed by atoms with Crippen LogP contribution in [-0.4, -0.2) is 11.1 Å². The summed E-state index contributed by atoms with van der Waals surface area (Å²) in [6.45, 7) is 0. The van der Waals surface area contributed by atoms with E-state index in [-0.39, 0.29) is 11.7 Å². The highest BCUT2D eigenvalue weighted by atomic mass is 19.1. The molecule has 0 aliphatic heterocycles. The number of nitrogens with one attached hydrogen (secondary N) is 1. The molecule has 0 unspecified atom stereocenters. The normalized spacial score (nSPS) is 18.8. The second kappa shape index (κ2) is 5.48. The minimum atomic E-state index is -0.449. The first-order valence-electron chi connectivity index (χ1n) is 8.24. The van der Waals surface area contributed by atoms with E-state index in [4.69, 9.17) is 4.52 Å². The molecule has 1 fully saturated rings. The van der Waals surface area contributed by atoms with Gasteiger partial charge in [-0.15, -0.1) is 0 Å². The SMILES string of the molecule is O=C(NC1(c2cccc(F)c2)CC1)c1noc2c1CCCCC2. The van der Waals surface area contributed by atoms with Gasteiger partial charge in [0.2, 0.25) is 0 Å². The topological polar surface area (TPSA) is 55.1 Å². The highest BCUT2D eigenvalue weighted by molar-refractivity contribution is 5.94. The third kappa shape index (κ3) is 2.64. The molecule has 4 nitrogen and oxygen atoms in total. The van der Waals surface area contributed by atoms with Crippen molar-refractivity contribution < 1.29 is 13.7 Å².